The molecule has 0 aliphatic carbocycles. The van der Waals surface area contributed by atoms with Crippen LogP contribution in [0.3, 0.4) is 0 Å². The van der Waals surface area contributed by atoms with E-state index in [1.807, 2.05) is 6.92 Å². The molecule has 19 heavy (non-hydrogen) atoms. The maximum absolute atomic E-state index is 12.3. The number of nitrogens with zero attached hydrogens (tertiary/aromatic N) is 1. The molecular formula is C13H28N2O3S. The van der Waals surface area contributed by atoms with E-state index in [4.69, 9.17) is 4.74 Å². The number of piperidine rings is 1. The standard InChI is InChI=1S/C13H28N2O3S/c1-12(2)14-8-6-10-19(16,17)15-9-5-7-13(3,11-15)18-4/h12,14H,5-11H2,1-4H3. The zero-order valence-corrected chi connectivity index (χ0v) is 13.4. The van der Waals surface area contributed by atoms with Gasteiger partial charge in [0.25, 0.3) is 0 Å². The zero-order chi connectivity index (χ0) is 14.5. The quantitative estimate of drug-likeness (QED) is 0.717. The van der Waals surface area contributed by atoms with Crippen molar-refractivity contribution in [3.8, 4) is 0 Å². The molecule has 1 unspecified atom stereocenters. The van der Waals surface area contributed by atoms with Gasteiger partial charge in [0.05, 0.1) is 11.4 Å². The minimum atomic E-state index is -3.15. The van der Waals surface area contributed by atoms with Gasteiger partial charge >= 0.3 is 0 Å². The Morgan fingerprint density at radius 1 is 1.42 bits per heavy atom. The van der Waals surface area contributed by atoms with Crippen molar-refractivity contribution >= 4 is 10.0 Å². The molecule has 5 nitrogen and oxygen atoms in total. The largest absolute Gasteiger partial charge is 0.377 e. The van der Waals surface area contributed by atoms with Gasteiger partial charge in [0.2, 0.25) is 10.0 Å². The molecule has 0 aromatic carbocycles. The number of nitrogens with one attached hydrogen (secondary N) is 1. The normalized spacial score (nSPS) is 25.9. The van der Waals surface area contributed by atoms with E-state index in [0.717, 1.165) is 19.4 Å². The smallest absolute Gasteiger partial charge is 0.214 e. The number of hydrogen-bond donors (Lipinski definition) is 1. The van der Waals surface area contributed by atoms with Gasteiger partial charge in [0, 0.05) is 26.2 Å². The third kappa shape index (κ3) is 5.38. The summed E-state index contributed by atoms with van der Waals surface area (Å²) in [6.45, 7) is 7.94. The van der Waals surface area contributed by atoms with E-state index < -0.39 is 10.0 Å². The molecule has 0 radical (unpaired) electrons. The molecule has 1 heterocycles. The van der Waals surface area contributed by atoms with Crippen LogP contribution in [-0.2, 0) is 14.8 Å². The molecule has 1 fully saturated rings. The number of hydrogen-bond acceptors (Lipinski definition) is 4. The van der Waals surface area contributed by atoms with Crippen molar-refractivity contribution in [2.75, 3.05) is 32.5 Å². The predicted molar refractivity (Wildman–Crippen MR) is 77.8 cm³/mol. The molecule has 0 aromatic rings. The minimum absolute atomic E-state index is 0.215. The van der Waals surface area contributed by atoms with E-state index in [9.17, 15) is 8.42 Å². The number of rotatable bonds is 7. The van der Waals surface area contributed by atoms with Crippen molar-refractivity contribution in [2.24, 2.45) is 0 Å². The fourth-order valence-electron chi connectivity index (χ4n) is 2.34. The molecule has 0 bridgehead atoms. The second kappa shape index (κ2) is 7.02. The van der Waals surface area contributed by atoms with Crippen LogP contribution in [0.2, 0.25) is 0 Å². The molecule has 1 aliphatic rings. The molecule has 0 spiro atoms. The molecule has 6 heteroatoms. The molecular weight excluding hydrogens is 264 g/mol. The van der Waals surface area contributed by atoms with Crippen LogP contribution in [0.4, 0.5) is 0 Å². The van der Waals surface area contributed by atoms with E-state index in [0.29, 0.717) is 25.6 Å². The first-order valence-electron chi connectivity index (χ1n) is 7.05. The van der Waals surface area contributed by atoms with E-state index in [1.165, 1.54) is 0 Å². The highest BCUT2D eigenvalue weighted by atomic mass is 32.2. The minimum Gasteiger partial charge on any atom is -0.377 e. The van der Waals surface area contributed by atoms with Crippen molar-refractivity contribution in [3.63, 3.8) is 0 Å². The highest BCUT2D eigenvalue weighted by Gasteiger charge is 2.35. The Kier molecular flexibility index (Phi) is 6.23. The Balaban J connectivity index is 2.48. The highest BCUT2D eigenvalue weighted by molar-refractivity contribution is 7.89. The molecule has 0 amide bonds. The summed E-state index contributed by atoms with van der Waals surface area (Å²) < 4.78 is 31.6. The lowest BCUT2D eigenvalue weighted by Crippen LogP contribution is -2.50. The molecule has 0 aromatic heterocycles. The fourth-order valence-corrected chi connectivity index (χ4v) is 3.98. The monoisotopic (exact) mass is 292 g/mol. The summed E-state index contributed by atoms with van der Waals surface area (Å²) >= 11 is 0. The van der Waals surface area contributed by atoms with Gasteiger partial charge in [-0.1, -0.05) is 13.8 Å². The van der Waals surface area contributed by atoms with Crippen molar-refractivity contribution in [3.05, 3.63) is 0 Å². The van der Waals surface area contributed by atoms with Gasteiger partial charge in [-0.25, -0.2) is 8.42 Å². The van der Waals surface area contributed by atoms with Crippen molar-refractivity contribution in [1.29, 1.82) is 0 Å². The average molecular weight is 292 g/mol. The van der Waals surface area contributed by atoms with Crippen LogP contribution in [0, 0.1) is 0 Å². The van der Waals surface area contributed by atoms with E-state index in [2.05, 4.69) is 19.2 Å². The summed E-state index contributed by atoms with van der Waals surface area (Å²) in [7, 11) is -1.49. The summed E-state index contributed by atoms with van der Waals surface area (Å²) in [5.74, 6) is 0.215. The van der Waals surface area contributed by atoms with E-state index in [1.54, 1.807) is 11.4 Å². The van der Waals surface area contributed by atoms with E-state index >= 15 is 0 Å². The molecule has 0 saturated carbocycles. The van der Waals surface area contributed by atoms with Crippen LogP contribution in [0.25, 0.3) is 0 Å². The fraction of sp³-hybridized carbons (Fsp3) is 1.00. The number of methoxy groups -OCH3 is 1. The molecule has 1 aliphatic heterocycles. The maximum atomic E-state index is 12.3. The van der Waals surface area contributed by atoms with Crippen LogP contribution in [-0.4, -0.2) is 56.9 Å². The lowest BCUT2D eigenvalue weighted by atomic mass is 9.96. The first kappa shape index (κ1) is 16.9. The van der Waals surface area contributed by atoms with Crippen LogP contribution < -0.4 is 5.32 Å². The van der Waals surface area contributed by atoms with Gasteiger partial charge in [-0.15, -0.1) is 0 Å². The summed E-state index contributed by atoms with van der Waals surface area (Å²) in [4.78, 5) is 0. The van der Waals surface area contributed by atoms with Crippen LogP contribution in [0.1, 0.15) is 40.0 Å². The molecule has 1 saturated heterocycles. The lowest BCUT2D eigenvalue weighted by Gasteiger charge is -2.38. The third-order valence-corrected chi connectivity index (χ3v) is 5.54. The number of ether oxygens (including phenoxy) is 1. The first-order chi connectivity index (χ1) is 8.79. The van der Waals surface area contributed by atoms with Gasteiger partial charge in [-0.05, 0) is 32.7 Å². The SMILES string of the molecule is COC1(C)CCCN(S(=O)(=O)CCCNC(C)C)C1. The summed E-state index contributed by atoms with van der Waals surface area (Å²) in [5.41, 5.74) is -0.332. The summed E-state index contributed by atoms with van der Waals surface area (Å²) in [6, 6.07) is 0.398. The first-order valence-corrected chi connectivity index (χ1v) is 8.66. The number of sulfonamides is 1. The molecule has 1 rings (SSSR count). The van der Waals surface area contributed by atoms with Crippen LogP contribution in [0.5, 0.6) is 0 Å². The Labute approximate surface area is 117 Å². The van der Waals surface area contributed by atoms with Crippen molar-refractivity contribution in [1.82, 2.24) is 9.62 Å². The topological polar surface area (TPSA) is 58.6 Å². The third-order valence-electron chi connectivity index (χ3n) is 3.64. The second-order valence-corrected chi connectivity index (χ2v) is 7.96. The predicted octanol–water partition coefficient (Wildman–Crippen LogP) is 1.21. The Morgan fingerprint density at radius 3 is 2.68 bits per heavy atom. The Morgan fingerprint density at radius 2 is 2.11 bits per heavy atom. The van der Waals surface area contributed by atoms with Crippen molar-refractivity contribution in [2.45, 2.75) is 51.7 Å². The lowest BCUT2D eigenvalue weighted by molar-refractivity contribution is -0.0319. The highest BCUT2D eigenvalue weighted by Crippen LogP contribution is 2.25. The van der Waals surface area contributed by atoms with Gasteiger partial charge in [-0.2, -0.15) is 4.31 Å². The molecule has 1 N–H and O–H groups in total. The Bertz CT molecular complexity index is 370. The van der Waals surface area contributed by atoms with Gasteiger partial charge in [0.15, 0.2) is 0 Å². The maximum Gasteiger partial charge on any atom is 0.214 e. The summed E-state index contributed by atoms with van der Waals surface area (Å²) in [6.07, 6.45) is 2.44. The van der Waals surface area contributed by atoms with Gasteiger partial charge in [-0.3, -0.25) is 0 Å². The molecule has 1 atom stereocenters. The van der Waals surface area contributed by atoms with Gasteiger partial charge < -0.3 is 10.1 Å². The summed E-state index contributed by atoms with van der Waals surface area (Å²) in [5, 5.41) is 3.24. The Hall–Kier alpha value is -0.170. The zero-order valence-electron chi connectivity index (χ0n) is 12.6. The second-order valence-electron chi connectivity index (χ2n) is 5.87. The van der Waals surface area contributed by atoms with Crippen LogP contribution >= 0.6 is 0 Å². The van der Waals surface area contributed by atoms with Crippen molar-refractivity contribution < 1.29 is 13.2 Å². The molecule has 114 valence electrons. The average Bonchev–Trinajstić information content (AvgIpc) is 2.35. The van der Waals surface area contributed by atoms with Crippen LogP contribution in [0.15, 0.2) is 0 Å². The van der Waals surface area contributed by atoms with E-state index in [-0.39, 0.29) is 11.4 Å². The van der Waals surface area contributed by atoms with Gasteiger partial charge in [0.1, 0.15) is 0 Å².